The van der Waals surface area contributed by atoms with E-state index in [1.165, 1.54) is 11.1 Å². The van der Waals surface area contributed by atoms with Crippen molar-refractivity contribution in [2.75, 3.05) is 0 Å². The van der Waals surface area contributed by atoms with Gasteiger partial charge in [0.15, 0.2) is 0 Å². The average Bonchev–Trinajstić information content (AvgIpc) is 2.28. The molecule has 88 valence electrons. The molecule has 0 aliphatic rings. The lowest BCUT2D eigenvalue weighted by molar-refractivity contribution is 0.219. The fourth-order valence-electron chi connectivity index (χ4n) is 2.00. The largest absolute Gasteiger partial charge is 0.384 e. The van der Waals surface area contributed by atoms with Gasteiger partial charge in [0, 0.05) is 17.5 Å². The van der Waals surface area contributed by atoms with Crippen LogP contribution in [0.5, 0.6) is 0 Å². The normalized spacial score (nSPS) is 12.5. The summed E-state index contributed by atoms with van der Waals surface area (Å²) in [5.41, 5.74) is 5.05. The molecule has 0 fully saturated rings. The molecular weight excluding hydrogens is 210 g/mol. The minimum Gasteiger partial charge on any atom is -0.384 e. The van der Waals surface area contributed by atoms with Crippen LogP contribution < -0.4 is 0 Å². The van der Waals surface area contributed by atoms with Gasteiger partial charge < -0.3 is 5.11 Å². The second-order valence-corrected chi connectivity index (χ2v) is 4.56. The van der Waals surface area contributed by atoms with Gasteiger partial charge in [-0.2, -0.15) is 0 Å². The summed E-state index contributed by atoms with van der Waals surface area (Å²) in [5.74, 6) is 0. The Kier molecular flexibility index (Phi) is 3.25. The van der Waals surface area contributed by atoms with Crippen LogP contribution in [0.4, 0.5) is 0 Å². The van der Waals surface area contributed by atoms with Gasteiger partial charge in [0.2, 0.25) is 0 Å². The highest BCUT2D eigenvalue weighted by Gasteiger charge is 2.11. The van der Waals surface area contributed by atoms with Crippen LogP contribution in [0.15, 0.2) is 36.5 Å². The van der Waals surface area contributed by atoms with Crippen molar-refractivity contribution >= 4 is 0 Å². The zero-order valence-corrected chi connectivity index (χ0v) is 10.4. The van der Waals surface area contributed by atoms with E-state index in [1.54, 1.807) is 6.20 Å². The number of benzene rings is 1. The smallest absolute Gasteiger partial charge is 0.106 e. The van der Waals surface area contributed by atoms with Crippen LogP contribution >= 0.6 is 0 Å². The molecule has 1 atom stereocenters. The van der Waals surface area contributed by atoms with Crippen LogP contribution in [0.1, 0.15) is 34.1 Å². The number of aliphatic hydroxyl groups is 1. The van der Waals surface area contributed by atoms with E-state index in [2.05, 4.69) is 11.1 Å². The van der Waals surface area contributed by atoms with Gasteiger partial charge in [-0.25, -0.2) is 0 Å². The lowest BCUT2D eigenvalue weighted by Gasteiger charge is -2.13. The summed E-state index contributed by atoms with van der Waals surface area (Å²) in [6, 6.07) is 9.96. The molecule has 2 aromatic rings. The summed E-state index contributed by atoms with van der Waals surface area (Å²) >= 11 is 0. The van der Waals surface area contributed by atoms with E-state index in [-0.39, 0.29) is 0 Å². The minimum atomic E-state index is -0.596. The van der Waals surface area contributed by atoms with Crippen molar-refractivity contribution in [3.8, 4) is 0 Å². The van der Waals surface area contributed by atoms with Crippen LogP contribution in [0.25, 0.3) is 0 Å². The van der Waals surface area contributed by atoms with Crippen molar-refractivity contribution in [1.29, 1.82) is 0 Å². The van der Waals surface area contributed by atoms with Gasteiger partial charge in [0.05, 0.1) is 0 Å². The first kappa shape index (κ1) is 11.8. The number of aryl methyl sites for hydroxylation is 3. The number of nitrogens with zero attached hydrogens (tertiary/aromatic N) is 1. The van der Waals surface area contributed by atoms with Crippen molar-refractivity contribution < 1.29 is 5.11 Å². The topological polar surface area (TPSA) is 33.1 Å². The maximum Gasteiger partial charge on any atom is 0.106 e. The SMILES string of the molecule is Cc1cc(C)cc(C(O)c2ccc(C)nc2)c1. The van der Waals surface area contributed by atoms with E-state index in [4.69, 9.17) is 0 Å². The Hall–Kier alpha value is -1.67. The first-order chi connectivity index (χ1) is 8.06. The minimum absolute atomic E-state index is 0.596. The lowest BCUT2D eigenvalue weighted by Crippen LogP contribution is -2.01. The first-order valence-electron chi connectivity index (χ1n) is 5.75. The molecule has 0 saturated carbocycles. The van der Waals surface area contributed by atoms with E-state index in [0.717, 1.165) is 16.8 Å². The molecule has 1 heterocycles. The fourth-order valence-corrected chi connectivity index (χ4v) is 2.00. The molecule has 2 heteroatoms. The second kappa shape index (κ2) is 4.68. The Labute approximate surface area is 102 Å². The number of hydrogen-bond donors (Lipinski definition) is 1. The standard InChI is InChI=1S/C15H17NO/c1-10-6-11(2)8-14(7-10)15(17)13-5-4-12(3)16-9-13/h4-9,15,17H,1-3H3. The third kappa shape index (κ3) is 2.71. The average molecular weight is 227 g/mol. The molecule has 17 heavy (non-hydrogen) atoms. The second-order valence-electron chi connectivity index (χ2n) is 4.56. The summed E-state index contributed by atoms with van der Waals surface area (Å²) in [6.45, 7) is 6.01. The van der Waals surface area contributed by atoms with E-state index < -0.39 is 6.10 Å². The number of aromatic nitrogens is 1. The molecule has 1 N–H and O–H groups in total. The monoisotopic (exact) mass is 227 g/mol. The molecule has 0 saturated heterocycles. The number of aliphatic hydroxyl groups excluding tert-OH is 1. The third-order valence-corrected chi connectivity index (χ3v) is 2.81. The highest BCUT2D eigenvalue weighted by Crippen LogP contribution is 2.23. The quantitative estimate of drug-likeness (QED) is 0.855. The molecule has 0 radical (unpaired) electrons. The van der Waals surface area contributed by atoms with Crippen LogP contribution in [-0.2, 0) is 0 Å². The highest BCUT2D eigenvalue weighted by atomic mass is 16.3. The van der Waals surface area contributed by atoms with Crippen molar-refractivity contribution in [3.05, 3.63) is 64.5 Å². The number of hydrogen-bond acceptors (Lipinski definition) is 2. The zero-order chi connectivity index (χ0) is 12.4. The van der Waals surface area contributed by atoms with Crippen LogP contribution in [0, 0.1) is 20.8 Å². The fraction of sp³-hybridized carbons (Fsp3) is 0.267. The lowest BCUT2D eigenvalue weighted by atomic mass is 9.99. The molecule has 0 aliphatic carbocycles. The predicted octanol–water partition coefficient (Wildman–Crippen LogP) is 3.09. The molecule has 0 spiro atoms. The maximum absolute atomic E-state index is 10.3. The summed E-state index contributed by atoms with van der Waals surface area (Å²) in [4.78, 5) is 4.21. The van der Waals surface area contributed by atoms with Gasteiger partial charge in [-0.15, -0.1) is 0 Å². The van der Waals surface area contributed by atoms with Crippen molar-refractivity contribution in [1.82, 2.24) is 4.98 Å². The van der Waals surface area contributed by atoms with E-state index >= 15 is 0 Å². The molecule has 1 unspecified atom stereocenters. The Morgan fingerprint density at radius 2 is 1.59 bits per heavy atom. The van der Waals surface area contributed by atoms with Gasteiger partial charge in [-0.05, 0) is 32.4 Å². The summed E-state index contributed by atoms with van der Waals surface area (Å²) < 4.78 is 0. The summed E-state index contributed by atoms with van der Waals surface area (Å²) in [7, 11) is 0. The van der Waals surface area contributed by atoms with Crippen LogP contribution in [-0.4, -0.2) is 10.1 Å². The van der Waals surface area contributed by atoms with Crippen molar-refractivity contribution in [2.45, 2.75) is 26.9 Å². The molecule has 1 aromatic carbocycles. The van der Waals surface area contributed by atoms with Crippen LogP contribution in [0.2, 0.25) is 0 Å². The van der Waals surface area contributed by atoms with E-state index in [9.17, 15) is 5.11 Å². The maximum atomic E-state index is 10.3. The Morgan fingerprint density at radius 3 is 2.12 bits per heavy atom. The van der Waals surface area contributed by atoms with Gasteiger partial charge in [0.25, 0.3) is 0 Å². The Morgan fingerprint density at radius 1 is 0.941 bits per heavy atom. The molecule has 0 bridgehead atoms. The zero-order valence-electron chi connectivity index (χ0n) is 10.4. The third-order valence-electron chi connectivity index (χ3n) is 2.81. The van der Waals surface area contributed by atoms with Crippen LogP contribution in [0.3, 0.4) is 0 Å². The molecule has 0 aliphatic heterocycles. The predicted molar refractivity (Wildman–Crippen MR) is 69.0 cm³/mol. The van der Waals surface area contributed by atoms with Gasteiger partial charge >= 0.3 is 0 Å². The summed E-state index contributed by atoms with van der Waals surface area (Å²) in [6.07, 6.45) is 1.14. The highest BCUT2D eigenvalue weighted by molar-refractivity contribution is 5.34. The molecular formula is C15H17NO. The van der Waals surface area contributed by atoms with E-state index in [1.807, 2.05) is 45.0 Å². The van der Waals surface area contributed by atoms with Crippen molar-refractivity contribution in [2.24, 2.45) is 0 Å². The molecule has 1 aromatic heterocycles. The first-order valence-corrected chi connectivity index (χ1v) is 5.75. The van der Waals surface area contributed by atoms with Gasteiger partial charge in [0.1, 0.15) is 6.10 Å². The van der Waals surface area contributed by atoms with E-state index in [0.29, 0.717) is 0 Å². The van der Waals surface area contributed by atoms with Gasteiger partial charge in [-0.3, -0.25) is 4.98 Å². The molecule has 0 amide bonds. The summed E-state index contributed by atoms with van der Waals surface area (Å²) in [5, 5.41) is 10.3. The molecule has 2 nitrogen and oxygen atoms in total. The Bertz CT molecular complexity index is 497. The number of pyridine rings is 1. The number of rotatable bonds is 2. The van der Waals surface area contributed by atoms with Gasteiger partial charge in [-0.1, -0.05) is 35.4 Å². The van der Waals surface area contributed by atoms with Crippen molar-refractivity contribution in [3.63, 3.8) is 0 Å². The Balaban J connectivity index is 2.36. The molecule has 2 rings (SSSR count).